The summed E-state index contributed by atoms with van der Waals surface area (Å²) in [6.07, 6.45) is -6.79. The summed E-state index contributed by atoms with van der Waals surface area (Å²) in [7, 11) is 0. The van der Waals surface area contributed by atoms with Gasteiger partial charge in [-0.15, -0.1) is 0 Å². The van der Waals surface area contributed by atoms with Gasteiger partial charge >= 0.3 is 0 Å². The lowest BCUT2D eigenvalue weighted by atomic mass is 10.0. The zero-order chi connectivity index (χ0) is 50.4. The van der Waals surface area contributed by atoms with E-state index in [1.165, 1.54) is 0 Å². The molecule has 6 aromatic carbocycles. The Labute approximate surface area is 280 Å². The van der Waals surface area contributed by atoms with E-state index in [1.54, 1.807) is 0 Å². The molecule has 2 aromatic heterocycles. The summed E-state index contributed by atoms with van der Waals surface area (Å²) in [6.45, 7) is 0. The van der Waals surface area contributed by atoms with Gasteiger partial charge < -0.3 is 9.13 Å². The number of hydrogen-bond donors (Lipinski definition) is 0. The van der Waals surface area contributed by atoms with Gasteiger partial charge in [0.15, 0.2) is 0 Å². The van der Waals surface area contributed by atoms with Gasteiger partial charge in [0.05, 0.1) is 46.7 Å². The molecule has 0 spiro atoms. The molecule has 0 radical (unpaired) electrons. The third-order valence-corrected chi connectivity index (χ3v) is 6.84. The van der Waals surface area contributed by atoms with E-state index in [0.29, 0.717) is 4.57 Å². The fraction of sp³-hybridized carbons (Fsp3) is 0.0500. The van der Waals surface area contributed by atoms with Crippen LogP contribution in [-0.2, 0) is 0 Å². The van der Waals surface area contributed by atoms with E-state index in [4.69, 9.17) is 26.0 Å². The molecule has 198 valence electrons. The molecular formula is C40H28N2. The normalized spacial score (nSPS) is 24.6. The second-order valence-electron chi connectivity index (χ2n) is 9.13. The van der Waals surface area contributed by atoms with Gasteiger partial charge in [-0.1, -0.05) is 90.7 Å². The van der Waals surface area contributed by atoms with E-state index >= 15 is 0 Å². The Morgan fingerprint density at radius 2 is 1.19 bits per heavy atom. The van der Waals surface area contributed by atoms with Gasteiger partial charge in [0.1, 0.15) is 0 Å². The number of para-hydroxylation sites is 2. The van der Waals surface area contributed by atoms with Crippen LogP contribution in [0.3, 0.4) is 0 Å². The van der Waals surface area contributed by atoms with Crippen LogP contribution in [0.1, 0.15) is 48.4 Å². The molecule has 2 nitrogen and oxygen atoms in total. The molecule has 42 heavy (non-hydrogen) atoms. The minimum atomic E-state index is -3.40. The van der Waals surface area contributed by atoms with Crippen LogP contribution in [-0.4, -0.2) is 9.13 Å². The van der Waals surface area contributed by atoms with Crippen molar-refractivity contribution in [2.24, 2.45) is 0 Å². The fourth-order valence-electron chi connectivity index (χ4n) is 5.06. The van der Waals surface area contributed by atoms with Gasteiger partial charge in [-0.25, -0.2) is 0 Å². The van der Waals surface area contributed by atoms with E-state index in [0.717, 1.165) is 16.7 Å². The lowest BCUT2D eigenvalue weighted by Gasteiger charge is -2.10. The van der Waals surface area contributed by atoms with Crippen molar-refractivity contribution >= 4 is 55.6 Å². The van der Waals surface area contributed by atoms with E-state index in [1.807, 2.05) is 0 Å². The first-order valence-corrected chi connectivity index (χ1v) is 12.5. The second-order valence-corrected chi connectivity index (χ2v) is 9.13. The van der Waals surface area contributed by atoms with Crippen molar-refractivity contribution < 1.29 is 35.6 Å². The quantitative estimate of drug-likeness (QED) is 0.203. The molecule has 0 saturated heterocycles. The van der Waals surface area contributed by atoms with Gasteiger partial charge in [0, 0.05) is 43.6 Å². The molecule has 0 fully saturated rings. The summed E-state index contributed by atoms with van der Waals surface area (Å²) in [4.78, 5) is 0. The minimum Gasteiger partial charge on any atom is -0.310 e. The molecule has 0 bridgehead atoms. The maximum Gasteiger partial charge on any atom is 0.0651 e. The van der Waals surface area contributed by atoms with Crippen molar-refractivity contribution in [1.82, 2.24) is 9.13 Å². The summed E-state index contributed by atoms with van der Waals surface area (Å²) in [6, 6.07) is -16.8. The third kappa shape index (κ3) is 3.45. The number of fused-ring (bicyclic) bond motifs is 7. The maximum atomic E-state index is 9.74. The van der Waals surface area contributed by atoms with Crippen molar-refractivity contribution in [3.05, 3.63) is 144 Å². The SMILES string of the molecule is [2H]C1=c2c(n(-c3c([2H])c([2H])c4c([2H])c([2H])c([2H])c([2H])c4c3[2H])c3c([2H])c([2H])c(-c4c([2H])c([2H])c5c(c4[2H])c4c([2H])ccc([2H])c4n5-c4c([2H])c([2H])c([2H])c([2H])c4[2H])c([2H])c23)=C([2H])C([2H])([2H])C1([2H])[2H]. The van der Waals surface area contributed by atoms with Crippen LogP contribution < -0.4 is 10.6 Å². The molecule has 2 heterocycles. The fourth-order valence-corrected chi connectivity index (χ4v) is 5.06. The zero-order valence-corrected chi connectivity index (χ0v) is 21.0. The Morgan fingerprint density at radius 1 is 0.500 bits per heavy atom. The summed E-state index contributed by atoms with van der Waals surface area (Å²) < 4.78 is 233. The number of hydrogen-bond acceptors (Lipinski definition) is 0. The molecule has 0 unspecified atom stereocenters. The molecule has 1 aliphatic carbocycles. The summed E-state index contributed by atoms with van der Waals surface area (Å²) >= 11 is 0. The van der Waals surface area contributed by atoms with Crippen molar-refractivity contribution in [3.8, 4) is 22.5 Å². The lowest BCUT2D eigenvalue weighted by molar-refractivity contribution is 1.03. The molecule has 8 aromatic rings. The maximum absolute atomic E-state index is 9.74. The van der Waals surface area contributed by atoms with Crippen LogP contribution >= 0.6 is 0 Å². The van der Waals surface area contributed by atoms with Gasteiger partial charge in [0.25, 0.3) is 0 Å². The van der Waals surface area contributed by atoms with Crippen LogP contribution in [0.15, 0.2) is 133 Å². The standard InChI is InChI=1S/C40H28N2/c1-2-12-31(13-3-1)41-37-16-8-6-14-33(37)35-25-29(19-22-39(35)41)30-20-23-40-36(26-30)34-15-7-9-17-38(34)42(40)32-21-18-27-10-4-5-11-28(27)24-32/h1-6,8,10-26H,7,9H2/i1D,2D,3D,4D,5D,7D2,9D2,10D,11D,12D,13D,14D,15D,16D,17D,18D,19D,20D,21D,22D,23D,24D,25D,26D. The molecule has 2 heteroatoms. The molecule has 0 aliphatic heterocycles. The molecular weight excluding hydrogens is 508 g/mol. The highest BCUT2D eigenvalue weighted by Gasteiger charge is 2.15. The van der Waals surface area contributed by atoms with Crippen LogP contribution in [0.25, 0.3) is 78.1 Å². The Hall–Kier alpha value is -5.34. The van der Waals surface area contributed by atoms with Crippen LogP contribution in [0.2, 0.25) is 0 Å². The van der Waals surface area contributed by atoms with Gasteiger partial charge in [-0.2, -0.15) is 0 Å². The molecule has 0 saturated carbocycles. The Kier molecular flexibility index (Phi) is 2.02. The summed E-state index contributed by atoms with van der Waals surface area (Å²) in [5.74, 6) is 0. The zero-order valence-electron chi connectivity index (χ0n) is 47.0. The number of rotatable bonds is 3. The highest BCUT2D eigenvalue weighted by atomic mass is 15.0. The van der Waals surface area contributed by atoms with E-state index in [9.17, 15) is 9.60 Å². The molecule has 1 aliphatic rings. The molecule has 0 atom stereocenters. The third-order valence-electron chi connectivity index (χ3n) is 6.84. The van der Waals surface area contributed by atoms with Gasteiger partial charge in [-0.05, 0) is 89.0 Å². The second kappa shape index (κ2) is 9.09. The Bertz CT molecular complexity index is 3850. The van der Waals surface area contributed by atoms with E-state index in [-0.39, 0.29) is 10.9 Å². The highest BCUT2D eigenvalue weighted by Crippen LogP contribution is 2.35. The first-order chi connectivity index (χ1) is 31.5. The van der Waals surface area contributed by atoms with Gasteiger partial charge in [-0.3, -0.25) is 0 Å². The van der Waals surface area contributed by atoms with Crippen LogP contribution in [0, 0.1) is 0 Å². The molecule has 0 N–H and O–H groups in total. The summed E-state index contributed by atoms with van der Waals surface area (Å²) in [5, 5.41) is -4.23. The topological polar surface area (TPSA) is 9.86 Å². The average Bonchev–Trinajstić information content (AvgIpc) is 3.83. The Balaban J connectivity index is 1.54. The average molecular weight is 563 g/mol. The van der Waals surface area contributed by atoms with Crippen molar-refractivity contribution in [2.45, 2.75) is 12.7 Å². The number of nitrogens with zero attached hydrogens (tertiary/aromatic N) is 2. The minimum absolute atomic E-state index is 0.287. The van der Waals surface area contributed by atoms with Gasteiger partial charge in [0.2, 0.25) is 0 Å². The molecule has 9 rings (SSSR count). The smallest absolute Gasteiger partial charge is 0.0651 e. The largest absolute Gasteiger partial charge is 0.310 e. The highest BCUT2D eigenvalue weighted by molar-refractivity contribution is 6.10. The lowest BCUT2D eigenvalue weighted by Crippen LogP contribution is -2.30. The first kappa shape index (κ1) is 9.34. The van der Waals surface area contributed by atoms with Crippen molar-refractivity contribution in [2.75, 3.05) is 0 Å². The van der Waals surface area contributed by atoms with Crippen LogP contribution in [0.5, 0.6) is 0 Å². The predicted octanol–water partition coefficient (Wildman–Crippen LogP) is 8.90. The van der Waals surface area contributed by atoms with Crippen LogP contribution in [0.4, 0.5) is 0 Å². The Morgan fingerprint density at radius 3 is 2.05 bits per heavy atom. The van der Waals surface area contributed by atoms with E-state index in [2.05, 4.69) is 0 Å². The van der Waals surface area contributed by atoms with Crippen molar-refractivity contribution in [3.63, 3.8) is 0 Å². The number of benzene rings is 6. The first-order valence-electron chi connectivity index (χ1n) is 25.5. The number of aromatic nitrogens is 2. The predicted molar refractivity (Wildman–Crippen MR) is 178 cm³/mol. The monoisotopic (exact) mass is 562 g/mol. The van der Waals surface area contributed by atoms with Crippen molar-refractivity contribution in [1.29, 1.82) is 0 Å². The summed E-state index contributed by atoms with van der Waals surface area (Å²) in [5.41, 5.74) is -4.54. The van der Waals surface area contributed by atoms with E-state index < -0.39 is 211 Å². The molecule has 0 amide bonds.